The molecule has 1 amide bonds. The molecular formula is C29H20N2O6S. The monoisotopic (exact) mass is 524 g/mol. The van der Waals surface area contributed by atoms with Crippen molar-refractivity contribution in [3.05, 3.63) is 108 Å². The summed E-state index contributed by atoms with van der Waals surface area (Å²) in [7, 11) is 0. The predicted molar refractivity (Wildman–Crippen MR) is 146 cm³/mol. The topological polar surface area (TPSA) is 126 Å². The van der Waals surface area contributed by atoms with Crippen LogP contribution in [0.2, 0.25) is 0 Å². The fraction of sp³-hybridized carbons (Fsp3) is 0.0345. The molecule has 1 aromatic heterocycles. The molecule has 0 aliphatic heterocycles. The van der Waals surface area contributed by atoms with Crippen LogP contribution in [0.5, 0.6) is 0 Å². The Morgan fingerprint density at radius 3 is 2.00 bits per heavy atom. The molecule has 0 bridgehead atoms. The van der Waals surface area contributed by atoms with Crippen LogP contribution in [0.15, 0.2) is 95.9 Å². The fourth-order valence-corrected chi connectivity index (χ4v) is 5.12. The fourth-order valence-electron chi connectivity index (χ4n) is 4.32. The first-order valence-corrected chi connectivity index (χ1v) is 12.5. The van der Waals surface area contributed by atoms with Gasteiger partial charge in [0.15, 0.2) is 0 Å². The van der Waals surface area contributed by atoms with E-state index in [-0.39, 0.29) is 22.8 Å². The lowest BCUT2D eigenvalue weighted by Gasteiger charge is -2.10. The average molecular weight is 525 g/mol. The molecule has 0 unspecified atom stereocenters. The number of hydrogen-bond acceptors (Lipinski definition) is 5. The lowest BCUT2D eigenvalue weighted by molar-refractivity contribution is 0.0692. The Kier molecular flexibility index (Phi) is 6.68. The van der Waals surface area contributed by atoms with E-state index in [1.165, 1.54) is 23.9 Å². The molecule has 3 N–H and O–H groups in total. The van der Waals surface area contributed by atoms with Gasteiger partial charge in [-0.25, -0.2) is 9.59 Å². The number of rotatable bonds is 7. The van der Waals surface area contributed by atoms with Crippen LogP contribution >= 0.6 is 11.8 Å². The van der Waals surface area contributed by atoms with Crippen LogP contribution < -0.4 is 5.32 Å². The van der Waals surface area contributed by atoms with E-state index in [9.17, 15) is 24.3 Å². The van der Waals surface area contributed by atoms with Crippen molar-refractivity contribution in [1.29, 1.82) is 0 Å². The van der Waals surface area contributed by atoms with Gasteiger partial charge in [-0.05, 0) is 48.5 Å². The molecular weight excluding hydrogens is 504 g/mol. The number of carbonyl (C=O) groups is 4. The van der Waals surface area contributed by atoms with E-state index in [4.69, 9.17) is 5.11 Å². The molecule has 9 heteroatoms. The largest absolute Gasteiger partial charge is 0.478 e. The second-order valence-electron chi connectivity index (χ2n) is 8.40. The van der Waals surface area contributed by atoms with Gasteiger partial charge in [0.1, 0.15) is 0 Å². The minimum absolute atomic E-state index is 0.0912. The molecule has 0 atom stereocenters. The van der Waals surface area contributed by atoms with Crippen molar-refractivity contribution in [3.8, 4) is 0 Å². The number of benzene rings is 4. The number of carboxylic acids is 2. The number of fused-ring (bicyclic) bond motifs is 3. The van der Waals surface area contributed by atoms with Crippen molar-refractivity contribution in [2.24, 2.45) is 0 Å². The summed E-state index contributed by atoms with van der Waals surface area (Å²) in [6, 6.07) is 25.7. The average Bonchev–Trinajstić information content (AvgIpc) is 3.26. The van der Waals surface area contributed by atoms with Crippen LogP contribution in [0.1, 0.15) is 35.9 Å². The second kappa shape index (κ2) is 10.2. The lowest BCUT2D eigenvalue weighted by atomic mass is 10.0. The number of amides is 1. The van der Waals surface area contributed by atoms with Crippen molar-refractivity contribution in [2.75, 3.05) is 11.1 Å². The summed E-state index contributed by atoms with van der Waals surface area (Å²) in [6.45, 7) is 0. The summed E-state index contributed by atoms with van der Waals surface area (Å²) in [4.78, 5) is 49.6. The lowest BCUT2D eigenvalue weighted by Crippen LogP contribution is -2.17. The highest BCUT2D eigenvalue weighted by atomic mass is 32.2. The summed E-state index contributed by atoms with van der Waals surface area (Å²) in [6.07, 6.45) is 0. The van der Waals surface area contributed by atoms with Gasteiger partial charge in [0.05, 0.1) is 33.5 Å². The van der Waals surface area contributed by atoms with Crippen LogP contribution in [0.3, 0.4) is 0 Å². The number of anilines is 1. The maximum absolute atomic E-state index is 13.3. The molecule has 188 valence electrons. The highest BCUT2D eigenvalue weighted by Crippen LogP contribution is 2.30. The SMILES string of the molecule is O=C(O)c1ccc(C(=O)Nc2cccc(SCC(=O)n3c4ccccc4c4ccccc43)c2)c(C(=O)O)c1. The molecule has 0 aliphatic rings. The van der Waals surface area contributed by atoms with Crippen LogP contribution in [0.4, 0.5) is 5.69 Å². The van der Waals surface area contributed by atoms with E-state index in [0.717, 1.165) is 32.8 Å². The molecule has 8 nitrogen and oxygen atoms in total. The number of nitrogens with zero attached hydrogens (tertiary/aromatic N) is 1. The van der Waals surface area contributed by atoms with Crippen LogP contribution in [-0.2, 0) is 0 Å². The van der Waals surface area contributed by atoms with Gasteiger partial charge in [-0.2, -0.15) is 0 Å². The number of para-hydroxylation sites is 2. The van der Waals surface area contributed by atoms with Crippen LogP contribution in [0, 0.1) is 0 Å². The smallest absolute Gasteiger partial charge is 0.336 e. The third kappa shape index (κ3) is 4.74. The molecule has 4 aromatic carbocycles. The number of thioether (sulfide) groups is 1. The molecule has 0 spiro atoms. The Morgan fingerprint density at radius 1 is 0.711 bits per heavy atom. The number of hydrogen-bond donors (Lipinski definition) is 3. The number of aromatic nitrogens is 1. The zero-order valence-corrected chi connectivity index (χ0v) is 20.6. The number of nitrogens with one attached hydrogen (secondary N) is 1. The molecule has 0 radical (unpaired) electrons. The summed E-state index contributed by atoms with van der Waals surface area (Å²) >= 11 is 1.31. The minimum Gasteiger partial charge on any atom is -0.478 e. The first-order valence-electron chi connectivity index (χ1n) is 11.5. The first-order chi connectivity index (χ1) is 18.3. The van der Waals surface area contributed by atoms with E-state index in [0.29, 0.717) is 5.69 Å². The summed E-state index contributed by atoms with van der Waals surface area (Å²) in [5.41, 5.74) is 1.27. The molecule has 38 heavy (non-hydrogen) atoms. The third-order valence-corrected chi connectivity index (χ3v) is 7.00. The van der Waals surface area contributed by atoms with E-state index in [1.54, 1.807) is 22.8 Å². The first kappa shape index (κ1) is 24.8. The second-order valence-corrected chi connectivity index (χ2v) is 9.45. The highest BCUT2D eigenvalue weighted by molar-refractivity contribution is 8.00. The number of carbonyl (C=O) groups excluding carboxylic acids is 2. The van der Waals surface area contributed by atoms with Crippen molar-refractivity contribution in [1.82, 2.24) is 4.57 Å². The molecule has 1 heterocycles. The van der Waals surface area contributed by atoms with E-state index in [2.05, 4.69) is 5.32 Å². The Hall–Kier alpha value is -4.89. The minimum atomic E-state index is -1.41. The standard InChI is InChI=1S/C29H20N2O6S/c32-26(31-24-10-3-1-8-20(24)21-9-2-4-11-25(21)31)16-38-19-7-5-6-18(15-19)30-27(33)22-13-12-17(28(34)35)14-23(22)29(36)37/h1-15H,16H2,(H,30,33)(H,34,35)(H,36,37). The van der Waals surface area contributed by atoms with E-state index >= 15 is 0 Å². The van der Waals surface area contributed by atoms with E-state index < -0.39 is 23.4 Å². The Bertz CT molecular complexity index is 1700. The maximum atomic E-state index is 13.3. The van der Waals surface area contributed by atoms with Gasteiger partial charge >= 0.3 is 11.9 Å². The van der Waals surface area contributed by atoms with Gasteiger partial charge in [-0.3, -0.25) is 14.2 Å². The number of aromatic carboxylic acids is 2. The van der Waals surface area contributed by atoms with Gasteiger partial charge in [0, 0.05) is 21.4 Å². The zero-order chi connectivity index (χ0) is 26.8. The van der Waals surface area contributed by atoms with Crippen LogP contribution in [-0.4, -0.2) is 44.3 Å². The summed E-state index contributed by atoms with van der Waals surface area (Å²) < 4.78 is 1.72. The third-order valence-electron chi connectivity index (χ3n) is 6.03. The van der Waals surface area contributed by atoms with Crippen molar-refractivity contribution in [2.45, 2.75) is 4.90 Å². The summed E-state index contributed by atoms with van der Waals surface area (Å²) in [5.74, 6) is -3.33. The molecule has 5 aromatic rings. The number of carboxylic acid groups (broad SMARTS) is 2. The summed E-state index contributed by atoms with van der Waals surface area (Å²) in [5, 5.41) is 23.2. The van der Waals surface area contributed by atoms with Crippen molar-refractivity contribution < 1.29 is 29.4 Å². The molecule has 0 saturated carbocycles. The Labute approximate surface area is 220 Å². The van der Waals surface area contributed by atoms with Gasteiger partial charge in [-0.15, -0.1) is 11.8 Å². The van der Waals surface area contributed by atoms with Crippen molar-refractivity contribution >= 4 is 63.0 Å². The zero-order valence-electron chi connectivity index (χ0n) is 19.8. The molecule has 0 fully saturated rings. The molecule has 5 rings (SSSR count). The molecule has 0 saturated heterocycles. The quantitative estimate of drug-likeness (QED) is 0.227. The van der Waals surface area contributed by atoms with Crippen LogP contribution in [0.25, 0.3) is 21.8 Å². The molecule has 0 aliphatic carbocycles. The maximum Gasteiger partial charge on any atom is 0.336 e. The Morgan fingerprint density at radius 2 is 1.37 bits per heavy atom. The van der Waals surface area contributed by atoms with Gasteiger partial charge < -0.3 is 15.5 Å². The highest BCUT2D eigenvalue weighted by Gasteiger charge is 2.20. The normalized spacial score (nSPS) is 10.9. The predicted octanol–water partition coefficient (Wildman–Crippen LogP) is 5.88. The van der Waals surface area contributed by atoms with E-state index in [1.807, 2.05) is 54.6 Å². The van der Waals surface area contributed by atoms with Gasteiger partial charge in [0.25, 0.3) is 5.91 Å². The van der Waals surface area contributed by atoms with Crippen molar-refractivity contribution in [3.63, 3.8) is 0 Å². The van der Waals surface area contributed by atoms with Gasteiger partial charge in [0.2, 0.25) is 5.91 Å². The Balaban J connectivity index is 1.34. The van der Waals surface area contributed by atoms with Gasteiger partial charge in [-0.1, -0.05) is 42.5 Å².